The molecule has 0 spiro atoms. The molecule has 0 saturated heterocycles. The summed E-state index contributed by atoms with van der Waals surface area (Å²) in [6.07, 6.45) is 5.39. The summed E-state index contributed by atoms with van der Waals surface area (Å²) in [7, 11) is 0. The van der Waals surface area contributed by atoms with Gasteiger partial charge in [0.2, 0.25) is 0 Å². The second-order valence-corrected chi connectivity index (χ2v) is 8.13. The maximum atomic E-state index is 14.8. The van der Waals surface area contributed by atoms with Crippen LogP contribution in [0.4, 0.5) is 4.39 Å². The average Bonchev–Trinajstić information content (AvgIpc) is 3.09. The van der Waals surface area contributed by atoms with Crippen molar-refractivity contribution in [3.8, 4) is 0 Å². The topological polar surface area (TPSA) is 60.7 Å². The van der Waals surface area contributed by atoms with Crippen LogP contribution in [0.15, 0.2) is 81.7 Å². The highest BCUT2D eigenvalue weighted by Crippen LogP contribution is 2.31. The molecule has 7 heteroatoms. The Bertz CT molecular complexity index is 1400. The number of aromatic nitrogens is 1. The first kappa shape index (κ1) is 21.6. The smallest absolute Gasteiger partial charge is 0.338 e. The van der Waals surface area contributed by atoms with Gasteiger partial charge in [-0.1, -0.05) is 72.0 Å². The fraction of sp³-hybridized carbons (Fsp3) is 0.160. The highest BCUT2D eigenvalue weighted by molar-refractivity contribution is 7.07. The third-order valence-electron chi connectivity index (χ3n) is 5.05. The third-order valence-corrected chi connectivity index (χ3v) is 6.05. The number of benzene rings is 2. The van der Waals surface area contributed by atoms with E-state index in [4.69, 9.17) is 4.74 Å². The zero-order valence-electron chi connectivity index (χ0n) is 17.6. The van der Waals surface area contributed by atoms with Crippen molar-refractivity contribution in [2.24, 2.45) is 4.99 Å². The molecule has 0 N–H and O–H groups in total. The van der Waals surface area contributed by atoms with Crippen molar-refractivity contribution in [2.75, 3.05) is 6.61 Å². The van der Waals surface area contributed by atoms with Gasteiger partial charge in [0.05, 0.1) is 22.4 Å². The van der Waals surface area contributed by atoms with Crippen LogP contribution in [0.3, 0.4) is 0 Å². The molecule has 3 aromatic rings. The summed E-state index contributed by atoms with van der Waals surface area (Å²) in [5.41, 5.74) is 1.45. The van der Waals surface area contributed by atoms with Crippen molar-refractivity contribution in [2.45, 2.75) is 19.9 Å². The lowest BCUT2D eigenvalue weighted by Gasteiger charge is -2.24. The molecule has 0 aliphatic carbocycles. The number of carbonyl (C=O) groups is 1. The quantitative estimate of drug-likeness (QED) is 0.561. The van der Waals surface area contributed by atoms with E-state index in [1.54, 1.807) is 44.2 Å². The number of fused-ring (bicyclic) bond motifs is 1. The molecule has 0 fully saturated rings. The number of hydrogen-bond acceptors (Lipinski definition) is 5. The number of nitrogens with zero attached hydrogens (tertiary/aromatic N) is 2. The van der Waals surface area contributed by atoms with E-state index < -0.39 is 17.8 Å². The molecule has 1 atom stereocenters. The summed E-state index contributed by atoms with van der Waals surface area (Å²) < 4.78 is 21.8. The number of esters is 1. The predicted molar refractivity (Wildman–Crippen MR) is 123 cm³/mol. The van der Waals surface area contributed by atoms with E-state index in [9.17, 15) is 14.0 Å². The van der Waals surface area contributed by atoms with Gasteiger partial charge in [-0.25, -0.2) is 14.2 Å². The second-order valence-electron chi connectivity index (χ2n) is 7.12. The van der Waals surface area contributed by atoms with Crippen LogP contribution in [0.5, 0.6) is 0 Å². The Kier molecular flexibility index (Phi) is 6.28. The molecule has 1 aliphatic heterocycles. The molecule has 0 radical (unpaired) electrons. The summed E-state index contributed by atoms with van der Waals surface area (Å²) in [4.78, 5) is 31.0. The molecule has 0 saturated carbocycles. The number of ether oxygens (including phenoxy) is 1. The Morgan fingerprint density at radius 3 is 2.62 bits per heavy atom. The monoisotopic (exact) mass is 448 g/mol. The average molecular weight is 449 g/mol. The first-order valence-electron chi connectivity index (χ1n) is 10.2. The van der Waals surface area contributed by atoms with Crippen LogP contribution in [-0.4, -0.2) is 17.1 Å². The predicted octanol–water partition coefficient (Wildman–Crippen LogP) is 3.60. The minimum atomic E-state index is -0.952. The maximum absolute atomic E-state index is 14.8. The van der Waals surface area contributed by atoms with Gasteiger partial charge in [-0.2, -0.15) is 0 Å². The van der Waals surface area contributed by atoms with Gasteiger partial charge < -0.3 is 4.74 Å². The van der Waals surface area contributed by atoms with Crippen molar-refractivity contribution in [1.29, 1.82) is 0 Å². The van der Waals surface area contributed by atoms with Gasteiger partial charge in [0.25, 0.3) is 5.56 Å². The van der Waals surface area contributed by atoms with Crippen molar-refractivity contribution in [3.05, 3.63) is 109 Å². The summed E-state index contributed by atoms with van der Waals surface area (Å²) in [6.45, 7) is 3.53. The van der Waals surface area contributed by atoms with E-state index in [0.29, 0.717) is 15.0 Å². The van der Waals surface area contributed by atoms with Crippen LogP contribution in [0.1, 0.15) is 31.0 Å². The van der Waals surface area contributed by atoms with Crippen molar-refractivity contribution in [3.63, 3.8) is 0 Å². The first-order chi connectivity index (χ1) is 15.5. The van der Waals surface area contributed by atoms with Crippen LogP contribution in [0, 0.1) is 5.82 Å². The van der Waals surface area contributed by atoms with Crippen LogP contribution in [0.2, 0.25) is 0 Å². The zero-order valence-corrected chi connectivity index (χ0v) is 18.4. The van der Waals surface area contributed by atoms with E-state index in [-0.39, 0.29) is 23.3 Å². The largest absolute Gasteiger partial charge is 0.463 e. The Morgan fingerprint density at radius 1 is 1.19 bits per heavy atom. The number of thiazole rings is 1. The van der Waals surface area contributed by atoms with E-state index in [1.165, 1.54) is 22.0 Å². The molecule has 2 aromatic carbocycles. The third kappa shape index (κ3) is 4.11. The van der Waals surface area contributed by atoms with E-state index in [0.717, 1.165) is 5.56 Å². The number of carbonyl (C=O) groups excluding carboxylic acids is 1. The van der Waals surface area contributed by atoms with Crippen LogP contribution in [0.25, 0.3) is 12.2 Å². The minimum absolute atomic E-state index is 0.161. The molecular weight excluding hydrogens is 427 g/mol. The Hall–Kier alpha value is -3.58. The van der Waals surface area contributed by atoms with Gasteiger partial charge in [0.1, 0.15) is 11.9 Å². The first-order valence-corrected chi connectivity index (χ1v) is 11.0. The fourth-order valence-corrected chi connectivity index (χ4v) is 4.61. The van der Waals surface area contributed by atoms with Crippen LogP contribution < -0.4 is 14.9 Å². The highest BCUT2D eigenvalue weighted by atomic mass is 32.1. The minimum Gasteiger partial charge on any atom is -0.463 e. The lowest BCUT2D eigenvalue weighted by molar-refractivity contribution is -0.139. The second kappa shape index (κ2) is 9.28. The molecule has 0 bridgehead atoms. The summed E-state index contributed by atoms with van der Waals surface area (Å²) in [5, 5.41) is 0. The van der Waals surface area contributed by atoms with Gasteiger partial charge in [-0.15, -0.1) is 0 Å². The van der Waals surface area contributed by atoms with Gasteiger partial charge in [0, 0.05) is 5.56 Å². The van der Waals surface area contributed by atoms with E-state index >= 15 is 0 Å². The standard InChI is InChI=1S/C25H21FN2O3S/c1-3-31-24(30)21-16(2)27-25-28(22(21)18-13-7-8-14-19(18)26)23(29)20(32-25)15-9-12-17-10-5-4-6-11-17/h4-15,22H,3H2,1-2H3/b12-9+,20-15-/t22-/m1/s1. The molecule has 2 heterocycles. The van der Waals surface area contributed by atoms with Gasteiger partial charge in [-0.05, 0) is 31.6 Å². The zero-order chi connectivity index (χ0) is 22.7. The summed E-state index contributed by atoms with van der Waals surface area (Å²) in [6, 6.07) is 14.9. The molecule has 0 unspecified atom stereocenters. The lowest BCUT2D eigenvalue weighted by Crippen LogP contribution is -2.40. The van der Waals surface area contributed by atoms with Crippen molar-refractivity contribution >= 4 is 29.5 Å². The van der Waals surface area contributed by atoms with Gasteiger partial charge in [0.15, 0.2) is 4.80 Å². The number of rotatable bonds is 5. The molecule has 1 aliphatic rings. The SMILES string of the molecule is CCOC(=O)C1=C(C)N=c2s/c(=C\C=C\c3ccccc3)c(=O)n2[C@@H]1c1ccccc1F. The Labute approximate surface area is 188 Å². The summed E-state index contributed by atoms with van der Waals surface area (Å²) in [5.74, 6) is -1.12. The molecule has 5 nitrogen and oxygen atoms in total. The fourth-order valence-electron chi connectivity index (χ4n) is 3.61. The highest BCUT2D eigenvalue weighted by Gasteiger charge is 2.34. The summed E-state index contributed by atoms with van der Waals surface area (Å²) >= 11 is 1.20. The van der Waals surface area contributed by atoms with Crippen molar-refractivity contribution in [1.82, 2.24) is 4.57 Å². The molecule has 32 heavy (non-hydrogen) atoms. The maximum Gasteiger partial charge on any atom is 0.338 e. The normalized spacial score (nSPS) is 16.2. The van der Waals surface area contributed by atoms with Gasteiger partial charge in [-0.3, -0.25) is 9.36 Å². The molecule has 1 aromatic heterocycles. The van der Waals surface area contributed by atoms with E-state index in [2.05, 4.69) is 4.99 Å². The number of allylic oxidation sites excluding steroid dienone is 2. The lowest BCUT2D eigenvalue weighted by atomic mass is 9.95. The molecular formula is C25H21FN2O3S. The number of halogens is 1. The Balaban J connectivity index is 1.88. The molecule has 0 amide bonds. The van der Waals surface area contributed by atoms with E-state index in [1.807, 2.05) is 36.4 Å². The van der Waals surface area contributed by atoms with Gasteiger partial charge >= 0.3 is 5.97 Å². The van der Waals surface area contributed by atoms with Crippen LogP contribution in [-0.2, 0) is 9.53 Å². The van der Waals surface area contributed by atoms with Crippen molar-refractivity contribution < 1.29 is 13.9 Å². The molecule has 162 valence electrons. The number of hydrogen-bond donors (Lipinski definition) is 0. The van der Waals surface area contributed by atoms with Crippen LogP contribution >= 0.6 is 11.3 Å². The Morgan fingerprint density at radius 2 is 1.91 bits per heavy atom. The molecule has 4 rings (SSSR count).